The van der Waals surface area contributed by atoms with Crippen molar-refractivity contribution in [1.82, 2.24) is 20.3 Å². The molecule has 0 bridgehead atoms. The Hall–Kier alpha value is -2.77. The molecule has 0 aliphatic rings. The number of aromatic nitrogens is 4. The van der Waals surface area contributed by atoms with Crippen molar-refractivity contribution in [2.24, 2.45) is 0 Å². The molecule has 7 nitrogen and oxygen atoms in total. The molecule has 0 fully saturated rings. The van der Waals surface area contributed by atoms with Crippen LogP contribution >= 0.6 is 0 Å². The zero-order chi connectivity index (χ0) is 12.5. The minimum atomic E-state index is -0.406. The molecule has 2 aromatic heterocycles. The van der Waals surface area contributed by atoms with Gasteiger partial charge in [-0.15, -0.1) is 0 Å². The first-order chi connectivity index (χ1) is 8.72. The molecule has 3 rings (SSSR count). The van der Waals surface area contributed by atoms with Gasteiger partial charge in [0.25, 0.3) is 5.88 Å². The Morgan fingerprint density at radius 2 is 1.94 bits per heavy atom. The monoisotopic (exact) mass is 247 g/mol. The van der Waals surface area contributed by atoms with Gasteiger partial charge in [0.1, 0.15) is 5.82 Å². The lowest BCUT2D eigenvalue weighted by Crippen LogP contribution is -1.96. The highest BCUT2D eigenvalue weighted by Crippen LogP contribution is 2.24. The van der Waals surface area contributed by atoms with Crippen molar-refractivity contribution in [1.29, 1.82) is 0 Å². The fourth-order valence-corrected chi connectivity index (χ4v) is 1.42. The van der Waals surface area contributed by atoms with E-state index in [2.05, 4.69) is 30.2 Å². The number of nitrogens with zero attached hydrogens (tertiary/aromatic N) is 4. The summed E-state index contributed by atoms with van der Waals surface area (Å²) in [5.41, 5.74) is 0.666. The van der Waals surface area contributed by atoms with Crippen molar-refractivity contribution in [3.05, 3.63) is 30.1 Å². The number of hydrogen-bond acceptors (Lipinski definition) is 7. The average molecular weight is 247 g/mol. The van der Waals surface area contributed by atoms with Crippen LogP contribution in [0.2, 0.25) is 0 Å². The van der Waals surface area contributed by atoms with Crippen LogP contribution in [0.5, 0.6) is 5.88 Å². The molecule has 0 aliphatic heterocycles. The fraction of sp³-hybridized carbons (Fsp3) is 0. The standard InChI is InChI=1S/C10H6FN5O2/c11-5-2-1-3-6(4-5)12-9-10(17)14-8-7(13-9)15-18-16-8/h1-4H,(H,12,13,15)(H,14,16,17). The Morgan fingerprint density at radius 1 is 1.17 bits per heavy atom. The third-order valence-electron chi connectivity index (χ3n) is 2.18. The maximum atomic E-state index is 13.0. The van der Waals surface area contributed by atoms with Crippen LogP contribution in [0.25, 0.3) is 11.3 Å². The summed E-state index contributed by atoms with van der Waals surface area (Å²) < 4.78 is 17.4. The van der Waals surface area contributed by atoms with Crippen molar-refractivity contribution < 1.29 is 14.1 Å². The molecule has 0 atom stereocenters. The quantitative estimate of drug-likeness (QED) is 0.709. The number of nitrogens with one attached hydrogen (secondary N) is 1. The summed E-state index contributed by atoms with van der Waals surface area (Å²) in [6.07, 6.45) is 0. The highest BCUT2D eigenvalue weighted by molar-refractivity contribution is 5.70. The van der Waals surface area contributed by atoms with Gasteiger partial charge >= 0.3 is 0 Å². The first kappa shape index (κ1) is 10.4. The SMILES string of the molecule is Oc1nc2nonc2nc1Nc1cccc(F)c1. The van der Waals surface area contributed by atoms with Crippen molar-refractivity contribution in [3.63, 3.8) is 0 Å². The number of hydrogen-bond donors (Lipinski definition) is 2. The van der Waals surface area contributed by atoms with Gasteiger partial charge in [-0.2, -0.15) is 9.97 Å². The van der Waals surface area contributed by atoms with Gasteiger partial charge in [0.2, 0.25) is 11.3 Å². The van der Waals surface area contributed by atoms with Crippen LogP contribution in [0.4, 0.5) is 15.9 Å². The minimum absolute atomic E-state index is 0.0452. The molecule has 8 heteroatoms. The molecule has 18 heavy (non-hydrogen) atoms. The van der Waals surface area contributed by atoms with E-state index >= 15 is 0 Å². The molecule has 1 aromatic carbocycles. The van der Waals surface area contributed by atoms with Crippen LogP contribution in [0.1, 0.15) is 0 Å². The van der Waals surface area contributed by atoms with Gasteiger partial charge in [0.15, 0.2) is 5.82 Å². The third kappa shape index (κ3) is 1.79. The summed E-state index contributed by atoms with van der Waals surface area (Å²) in [5, 5.41) is 19.3. The van der Waals surface area contributed by atoms with E-state index in [-0.39, 0.29) is 23.0 Å². The molecule has 2 heterocycles. The first-order valence-corrected chi connectivity index (χ1v) is 4.94. The van der Waals surface area contributed by atoms with Gasteiger partial charge in [-0.05, 0) is 28.5 Å². The number of benzene rings is 1. The highest BCUT2D eigenvalue weighted by Gasteiger charge is 2.11. The second-order valence-corrected chi connectivity index (χ2v) is 3.44. The van der Waals surface area contributed by atoms with Crippen LogP contribution in [0.15, 0.2) is 28.9 Å². The highest BCUT2D eigenvalue weighted by atomic mass is 19.1. The molecule has 90 valence electrons. The predicted octanol–water partition coefficient (Wildman–Crippen LogP) is 1.60. The summed E-state index contributed by atoms with van der Waals surface area (Å²) in [6.45, 7) is 0. The predicted molar refractivity (Wildman–Crippen MR) is 58.7 cm³/mol. The van der Waals surface area contributed by atoms with Gasteiger partial charge < -0.3 is 10.4 Å². The molecular formula is C10H6FN5O2. The van der Waals surface area contributed by atoms with Crippen molar-refractivity contribution in [2.45, 2.75) is 0 Å². The Labute approximate surface area is 99.3 Å². The van der Waals surface area contributed by atoms with Gasteiger partial charge in [-0.3, -0.25) is 0 Å². The Kier molecular flexibility index (Phi) is 2.26. The minimum Gasteiger partial charge on any atom is -0.491 e. The summed E-state index contributed by atoms with van der Waals surface area (Å²) >= 11 is 0. The smallest absolute Gasteiger partial charge is 0.257 e. The molecule has 0 spiro atoms. The van der Waals surface area contributed by atoms with E-state index in [0.717, 1.165) is 0 Å². The first-order valence-electron chi connectivity index (χ1n) is 4.94. The van der Waals surface area contributed by atoms with Gasteiger partial charge in [0, 0.05) is 5.69 Å². The van der Waals surface area contributed by atoms with Crippen LogP contribution in [0, 0.1) is 5.82 Å². The molecule has 3 aromatic rings. The zero-order valence-corrected chi connectivity index (χ0v) is 8.83. The van der Waals surface area contributed by atoms with E-state index in [0.29, 0.717) is 5.69 Å². The molecule has 0 saturated heterocycles. The van der Waals surface area contributed by atoms with Gasteiger partial charge in [-0.25, -0.2) is 9.02 Å². The molecule has 0 radical (unpaired) electrons. The number of anilines is 2. The van der Waals surface area contributed by atoms with E-state index in [9.17, 15) is 9.50 Å². The lowest BCUT2D eigenvalue weighted by molar-refractivity contribution is 0.314. The molecule has 0 saturated carbocycles. The van der Waals surface area contributed by atoms with Crippen molar-refractivity contribution >= 4 is 22.8 Å². The lowest BCUT2D eigenvalue weighted by atomic mass is 10.3. The summed E-state index contributed by atoms with van der Waals surface area (Å²) in [4.78, 5) is 7.67. The maximum absolute atomic E-state index is 13.0. The average Bonchev–Trinajstić information content (AvgIpc) is 2.76. The van der Waals surface area contributed by atoms with Crippen molar-refractivity contribution in [3.8, 4) is 5.88 Å². The van der Waals surface area contributed by atoms with Crippen LogP contribution < -0.4 is 5.32 Å². The second-order valence-electron chi connectivity index (χ2n) is 3.44. The number of fused-ring (bicyclic) bond motifs is 1. The summed E-state index contributed by atoms with van der Waals surface area (Å²) in [6, 6.07) is 5.71. The second kappa shape index (κ2) is 3.91. The van der Waals surface area contributed by atoms with E-state index in [4.69, 9.17) is 0 Å². The topological polar surface area (TPSA) is 97.0 Å². The normalized spacial score (nSPS) is 10.7. The molecular weight excluding hydrogens is 241 g/mol. The molecule has 0 unspecified atom stereocenters. The Morgan fingerprint density at radius 3 is 2.72 bits per heavy atom. The lowest BCUT2D eigenvalue weighted by Gasteiger charge is -2.05. The number of halogens is 1. The van der Waals surface area contributed by atoms with Crippen LogP contribution in [-0.2, 0) is 0 Å². The molecule has 2 N–H and O–H groups in total. The number of rotatable bonds is 2. The summed E-state index contributed by atoms with van der Waals surface area (Å²) in [7, 11) is 0. The van der Waals surface area contributed by atoms with E-state index in [1.807, 2.05) is 0 Å². The Bertz CT molecular complexity index is 714. The van der Waals surface area contributed by atoms with E-state index in [1.54, 1.807) is 6.07 Å². The zero-order valence-electron chi connectivity index (χ0n) is 8.83. The maximum Gasteiger partial charge on any atom is 0.257 e. The van der Waals surface area contributed by atoms with E-state index in [1.165, 1.54) is 18.2 Å². The van der Waals surface area contributed by atoms with Crippen LogP contribution in [-0.4, -0.2) is 25.4 Å². The fourth-order valence-electron chi connectivity index (χ4n) is 1.42. The van der Waals surface area contributed by atoms with Crippen molar-refractivity contribution in [2.75, 3.05) is 5.32 Å². The molecule has 0 amide bonds. The van der Waals surface area contributed by atoms with Crippen LogP contribution in [0.3, 0.4) is 0 Å². The largest absolute Gasteiger partial charge is 0.491 e. The van der Waals surface area contributed by atoms with Gasteiger partial charge in [0.05, 0.1) is 0 Å². The van der Waals surface area contributed by atoms with Gasteiger partial charge in [-0.1, -0.05) is 6.07 Å². The summed E-state index contributed by atoms with van der Waals surface area (Å²) in [5.74, 6) is -0.733. The number of aromatic hydroxyl groups is 1. The third-order valence-corrected chi connectivity index (χ3v) is 2.18. The Balaban J connectivity index is 2.01. The molecule has 0 aliphatic carbocycles. The van der Waals surface area contributed by atoms with E-state index < -0.39 is 5.82 Å².